The summed E-state index contributed by atoms with van der Waals surface area (Å²) in [6.45, 7) is 31.5. The van der Waals surface area contributed by atoms with Crippen LogP contribution in [0.5, 0.6) is 0 Å². The zero-order valence-electron chi connectivity index (χ0n) is 37.0. The number of unbranched alkanes of at least 4 members (excludes halogenated alkanes) is 2. The summed E-state index contributed by atoms with van der Waals surface area (Å²) in [5.74, 6) is 0.908. The zero-order chi connectivity index (χ0) is 41.6. The molecule has 0 spiro atoms. The van der Waals surface area contributed by atoms with E-state index in [0.717, 1.165) is 42.7 Å². The average molecular weight is 894 g/mol. The molecule has 2 aromatic rings. The number of hydrogen-bond donors (Lipinski definition) is 1. The molecule has 0 unspecified atom stereocenters. The number of benzene rings is 2. The van der Waals surface area contributed by atoms with Gasteiger partial charge in [0.15, 0.2) is 0 Å². The van der Waals surface area contributed by atoms with E-state index in [1.165, 1.54) is 19.3 Å². The van der Waals surface area contributed by atoms with Gasteiger partial charge in [0.2, 0.25) is 0 Å². The van der Waals surface area contributed by atoms with E-state index < -0.39 is 22.0 Å². The van der Waals surface area contributed by atoms with Crippen molar-refractivity contribution in [3.05, 3.63) is 77.7 Å². The Hall–Kier alpha value is -1.44. The predicted molar refractivity (Wildman–Crippen MR) is 236 cm³/mol. The molecule has 0 aliphatic heterocycles. The second-order valence-corrected chi connectivity index (χ2v) is 20.8. The number of nitrogens with zero attached hydrogens (tertiary/aromatic N) is 1. The van der Waals surface area contributed by atoms with Gasteiger partial charge in [-0.05, 0) is 123 Å². The first-order valence-electron chi connectivity index (χ1n) is 19.5. The number of rotatable bonds is 17. The Kier molecular flexibility index (Phi) is 32.1. The minimum Gasteiger partial charge on any atom is -1.00 e. The minimum atomic E-state index is -1.28. The number of halogens is 1. The Labute approximate surface area is 373 Å². The van der Waals surface area contributed by atoms with Gasteiger partial charge in [0.25, 0.3) is 0 Å². The van der Waals surface area contributed by atoms with Gasteiger partial charge in [-0.2, -0.15) is 10.8 Å². The number of esters is 2. The van der Waals surface area contributed by atoms with Crippen molar-refractivity contribution in [2.75, 3.05) is 0 Å². The van der Waals surface area contributed by atoms with Crippen LogP contribution in [0.3, 0.4) is 0 Å². The van der Waals surface area contributed by atoms with Gasteiger partial charge in [-0.1, -0.05) is 84.1 Å². The fourth-order valence-electron chi connectivity index (χ4n) is 4.44. The molecule has 0 aliphatic rings. The summed E-state index contributed by atoms with van der Waals surface area (Å²) in [6.07, 6.45) is 9.36. The normalized spacial score (nSPS) is 13.1. The number of carbonyl (C=O) groups is 2. The van der Waals surface area contributed by atoms with E-state index in [9.17, 15) is 18.0 Å². The van der Waals surface area contributed by atoms with E-state index >= 15 is 0 Å². The Bertz CT molecular complexity index is 1440. The molecule has 8 nitrogen and oxygen atoms in total. The summed E-state index contributed by atoms with van der Waals surface area (Å²) in [7, 11) is -2.43. The first-order valence-corrected chi connectivity index (χ1v) is 21.8. The summed E-state index contributed by atoms with van der Waals surface area (Å²) in [6, 6.07) is 14.3. The maximum atomic E-state index is 12.6. The Morgan fingerprint density at radius 2 is 1.11 bits per heavy atom. The Balaban J connectivity index is -0.000000853. The van der Waals surface area contributed by atoms with Gasteiger partial charge < -0.3 is 33.4 Å². The molecule has 0 saturated carbocycles. The van der Waals surface area contributed by atoms with E-state index in [2.05, 4.69) is 43.7 Å². The molecular weight excluding hydrogens is 821 g/mol. The number of carbonyl (C=O) groups excluding carboxylic acids is 2. The van der Waals surface area contributed by atoms with Gasteiger partial charge in [0, 0.05) is 12.3 Å². The summed E-state index contributed by atoms with van der Waals surface area (Å²) < 4.78 is 41.3. The fraction of sp³-hybridized carbons (Fsp3) is 0.636. The van der Waals surface area contributed by atoms with Crippen molar-refractivity contribution in [3.8, 4) is 0 Å². The summed E-state index contributed by atoms with van der Waals surface area (Å²) in [4.78, 5) is 23.7. The first kappa shape index (κ1) is 58.9. The van der Waals surface area contributed by atoms with Crippen LogP contribution in [0.4, 0.5) is 0 Å². The molecule has 1 N–H and O–H groups in total. The van der Waals surface area contributed by atoms with Crippen LogP contribution in [0.1, 0.15) is 180 Å². The molecule has 0 radical (unpaired) electrons. The zero-order valence-corrected chi connectivity index (χ0v) is 41.7. The van der Waals surface area contributed by atoms with Crippen LogP contribution in [0, 0.1) is 18.8 Å². The third-order valence-electron chi connectivity index (χ3n) is 7.56. The molecule has 0 heterocycles. The van der Waals surface area contributed by atoms with Crippen LogP contribution in [0.25, 0.3) is 0 Å². The molecule has 12 heteroatoms. The molecule has 2 aromatic carbocycles. The van der Waals surface area contributed by atoms with Crippen molar-refractivity contribution in [2.24, 2.45) is 16.2 Å². The van der Waals surface area contributed by atoms with Crippen LogP contribution >= 0.6 is 0 Å². The number of hydrogen-bond acceptors (Lipinski definition) is 6. The molecule has 0 amide bonds. The van der Waals surface area contributed by atoms with Crippen LogP contribution in [-0.4, -0.2) is 71.3 Å². The van der Waals surface area contributed by atoms with E-state index in [0.29, 0.717) is 17.0 Å². The van der Waals surface area contributed by atoms with E-state index in [-0.39, 0.29) is 79.7 Å². The summed E-state index contributed by atoms with van der Waals surface area (Å²) in [5.41, 5.74) is 2.89. The molecule has 0 aliphatic carbocycles. The molecule has 316 valence electrons. The standard InChI is InChI=1S/C22H37NO3S.C15H21NO3S.C7H15.BrH.Mg/c1-16(2)10-8-9-11-20(23-27(25)22(5,6)7)18-12-14-19(15-13-18)21(24)26-17(3)4;1-11(2)19-14(17)13-8-6-12(7-9-13)10-16-20(18)15(3,4)5;1-4-5-6-7(2)3;;/h12-17,20,23H,8-11H2,1-7H3;6-11H,1-5H3;7H,1,4-6H2,2-3H3;1H;/q;;-1;;+2/p-1/t20-,27+;20-;;;/m10.../s1. The monoisotopic (exact) mass is 892 g/mol. The van der Waals surface area contributed by atoms with E-state index in [1.54, 1.807) is 56.5 Å². The van der Waals surface area contributed by atoms with Gasteiger partial charge in [-0.15, -0.1) is 0 Å². The molecule has 0 bridgehead atoms. The second-order valence-electron chi connectivity index (χ2n) is 16.9. The quantitative estimate of drug-likeness (QED) is 0.0568. The third kappa shape index (κ3) is 28.1. The van der Waals surface area contributed by atoms with Crippen molar-refractivity contribution < 1.29 is 44.5 Å². The smallest absolute Gasteiger partial charge is 1.00 e. The van der Waals surface area contributed by atoms with Crippen LogP contribution in [0.15, 0.2) is 52.9 Å². The SMILES string of the molecule is CC(C)CCCC[C@@H](N[S@@](=O)C(C)(C)C)c1ccc(C(=O)OC(C)C)cc1.CC(C)OC(=O)c1ccc(C=N[S@@](=O)C(C)(C)C)cc1.[Br-].[CH2-]CCCC(C)C.[Mg+2]. The molecule has 3 atom stereocenters. The molecule has 0 saturated heterocycles. The summed E-state index contributed by atoms with van der Waals surface area (Å²) >= 11 is 0. The maximum Gasteiger partial charge on any atom is 2.00 e. The fourth-order valence-corrected chi connectivity index (χ4v) is 5.84. The van der Waals surface area contributed by atoms with Crippen LogP contribution < -0.4 is 21.7 Å². The van der Waals surface area contributed by atoms with Crippen molar-refractivity contribution in [1.29, 1.82) is 0 Å². The molecule has 56 heavy (non-hydrogen) atoms. The van der Waals surface area contributed by atoms with Crippen molar-refractivity contribution in [3.63, 3.8) is 0 Å². The number of ether oxygens (including phenoxy) is 2. The molecule has 0 fully saturated rings. The first-order chi connectivity index (χ1) is 25.0. The minimum absolute atomic E-state index is 0. The molecule has 2 rings (SSSR count). The Morgan fingerprint density at radius 3 is 1.46 bits per heavy atom. The van der Waals surface area contributed by atoms with Gasteiger partial charge in [0.05, 0.1) is 43.8 Å². The number of nitrogens with one attached hydrogen (secondary N) is 1. The van der Waals surface area contributed by atoms with Gasteiger partial charge in [0.1, 0.15) is 11.0 Å². The second kappa shape index (κ2) is 30.6. The average Bonchev–Trinajstić information content (AvgIpc) is 3.06. The molecular formula is C44H73BrMgN2O6S2. The van der Waals surface area contributed by atoms with Gasteiger partial charge >= 0.3 is 35.0 Å². The van der Waals surface area contributed by atoms with Crippen LogP contribution in [0.2, 0.25) is 0 Å². The van der Waals surface area contributed by atoms with Crippen molar-refractivity contribution >= 4 is 63.2 Å². The largest absolute Gasteiger partial charge is 2.00 e. The topological polar surface area (TPSA) is 111 Å². The molecule has 0 aromatic heterocycles. The third-order valence-corrected chi connectivity index (χ3v) is 10.5. The van der Waals surface area contributed by atoms with Crippen LogP contribution in [-0.2, 0) is 31.4 Å². The van der Waals surface area contributed by atoms with Gasteiger partial charge in [-0.3, -0.25) is 0 Å². The van der Waals surface area contributed by atoms with Crippen molar-refractivity contribution in [1.82, 2.24) is 4.72 Å². The summed E-state index contributed by atoms with van der Waals surface area (Å²) in [5, 5.41) is 0. The van der Waals surface area contributed by atoms with E-state index in [1.807, 2.05) is 67.5 Å². The van der Waals surface area contributed by atoms with Crippen molar-refractivity contribution in [2.45, 2.75) is 170 Å². The van der Waals surface area contributed by atoms with Gasteiger partial charge in [-0.25, -0.2) is 22.7 Å². The maximum absolute atomic E-state index is 12.6. The predicted octanol–water partition coefficient (Wildman–Crippen LogP) is 7.96. The van der Waals surface area contributed by atoms with E-state index in [4.69, 9.17) is 9.47 Å². The Morgan fingerprint density at radius 1 is 0.696 bits per heavy atom.